The van der Waals surface area contributed by atoms with Gasteiger partial charge in [0.25, 0.3) is 0 Å². The van der Waals surface area contributed by atoms with Crippen molar-refractivity contribution in [1.82, 2.24) is 10.3 Å². The molecule has 1 heterocycles. The lowest BCUT2D eigenvalue weighted by Crippen LogP contribution is -2.36. The fraction of sp³-hybridized carbons (Fsp3) is 0.364. The Balaban J connectivity index is 2.24. The SMILES string of the molecule is O=C(CCc1ccccn1)NCC(O)C(=O)O. The van der Waals surface area contributed by atoms with E-state index in [1.54, 1.807) is 18.3 Å². The number of carbonyl (C=O) groups excluding carboxylic acids is 1. The van der Waals surface area contributed by atoms with Gasteiger partial charge in [-0.2, -0.15) is 0 Å². The summed E-state index contributed by atoms with van der Waals surface area (Å²) in [5.74, 6) is -1.66. The van der Waals surface area contributed by atoms with E-state index in [2.05, 4.69) is 10.3 Å². The fourth-order valence-corrected chi connectivity index (χ4v) is 1.17. The minimum Gasteiger partial charge on any atom is -0.479 e. The molecule has 1 unspecified atom stereocenters. The molecule has 0 aliphatic rings. The molecule has 0 aliphatic heterocycles. The molecule has 0 aliphatic carbocycles. The predicted molar refractivity (Wildman–Crippen MR) is 59.2 cm³/mol. The molecule has 1 aromatic rings. The van der Waals surface area contributed by atoms with Crippen molar-refractivity contribution in [2.24, 2.45) is 0 Å². The third kappa shape index (κ3) is 5.07. The van der Waals surface area contributed by atoms with E-state index in [1.807, 2.05) is 6.07 Å². The molecule has 0 fully saturated rings. The Bertz CT molecular complexity index is 380. The Hall–Kier alpha value is -1.95. The van der Waals surface area contributed by atoms with Crippen molar-refractivity contribution in [3.05, 3.63) is 30.1 Å². The Labute approximate surface area is 98.3 Å². The van der Waals surface area contributed by atoms with Crippen LogP contribution in [0.1, 0.15) is 12.1 Å². The van der Waals surface area contributed by atoms with Crippen LogP contribution < -0.4 is 5.32 Å². The summed E-state index contributed by atoms with van der Waals surface area (Å²) in [5, 5.41) is 19.7. The standard InChI is InChI=1S/C11H14N2O4/c14-9(11(16)17)7-13-10(15)5-4-8-3-1-2-6-12-8/h1-3,6,9,14H,4-5,7H2,(H,13,15)(H,16,17). The van der Waals surface area contributed by atoms with E-state index in [-0.39, 0.29) is 18.9 Å². The molecule has 6 nitrogen and oxygen atoms in total. The molecule has 6 heteroatoms. The molecular formula is C11H14N2O4. The highest BCUT2D eigenvalue weighted by Gasteiger charge is 2.13. The third-order valence-corrected chi connectivity index (χ3v) is 2.11. The number of aryl methyl sites for hydroxylation is 1. The van der Waals surface area contributed by atoms with Crippen LogP contribution in [-0.4, -0.2) is 39.7 Å². The average Bonchev–Trinajstić information content (AvgIpc) is 2.34. The van der Waals surface area contributed by atoms with E-state index >= 15 is 0 Å². The molecule has 3 N–H and O–H groups in total. The number of carboxylic acid groups (broad SMARTS) is 1. The van der Waals surface area contributed by atoms with Crippen molar-refractivity contribution in [1.29, 1.82) is 0 Å². The molecule has 1 rings (SSSR count). The topological polar surface area (TPSA) is 99.5 Å². The number of aliphatic hydroxyl groups excluding tert-OH is 1. The minimum atomic E-state index is -1.56. The summed E-state index contributed by atoms with van der Waals surface area (Å²) in [6.07, 6.45) is 0.773. The van der Waals surface area contributed by atoms with E-state index in [4.69, 9.17) is 10.2 Å². The normalized spacial score (nSPS) is 11.8. The number of carboxylic acids is 1. The van der Waals surface area contributed by atoms with Crippen LogP contribution in [0.15, 0.2) is 24.4 Å². The highest BCUT2D eigenvalue weighted by Crippen LogP contribution is 1.98. The molecule has 17 heavy (non-hydrogen) atoms. The Kier molecular flexibility index (Phi) is 5.09. The Morgan fingerprint density at radius 2 is 2.18 bits per heavy atom. The van der Waals surface area contributed by atoms with Crippen molar-refractivity contribution in [3.63, 3.8) is 0 Å². The van der Waals surface area contributed by atoms with Crippen molar-refractivity contribution < 1.29 is 19.8 Å². The predicted octanol–water partition coefficient (Wildman–Crippen LogP) is -0.424. The molecule has 0 spiro atoms. The summed E-state index contributed by atoms with van der Waals surface area (Å²) in [6, 6.07) is 5.42. The summed E-state index contributed by atoms with van der Waals surface area (Å²) in [7, 11) is 0. The second kappa shape index (κ2) is 6.59. The number of aliphatic carboxylic acids is 1. The van der Waals surface area contributed by atoms with Gasteiger partial charge in [0.05, 0.1) is 6.54 Å². The zero-order valence-corrected chi connectivity index (χ0v) is 9.17. The molecule has 0 saturated carbocycles. The number of nitrogens with zero attached hydrogens (tertiary/aromatic N) is 1. The van der Waals surface area contributed by atoms with E-state index in [9.17, 15) is 9.59 Å². The summed E-state index contributed by atoms with van der Waals surface area (Å²) in [6.45, 7) is -0.281. The highest BCUT2D eigenvalue weighted by molar-refractivity contribution is 5.78. The zero-order chi connectivity index (χ0) is 12.7. The lowest BCUT2D eigenvalue weighted by atomic mass is 10.2. The van der Waals surface area contributed by atoms with Gasteiger partial charge in [-0.25, -0.2) is 4.79 Å². The maximum absolute atomic E-state index is 11.3. The lowest BCUT2D eigenvalue weighted by Gasteiger charge is -2.07. The van der Waals surface area contributed by atoms with Crippen molar-refractivity contribution in [3.8, 4) is 0 Å². The van der Waals surface area contributed by atoms with Crippen LogP contribution in [0.2, 0.25) is 0 Å². The van der Waals surface area contributed by atoms with Gasteiger partial charge in [0.15, 0.2) is 6.10 Å². The molecule has 0 bridgehead atoms. The number of amides is 1. The molecule has 1 aromatic heterocycles. The van der Waals surface area contributed by atoms with Gasteiger partial charge >= 0.3 is 5.97 Å². The van der Waals surface area contributed by atoms with Crippen LogP contribution in [-0.2, 0) is 16.0 Å². The first kappa shape index (κ1) is 13.1. The van der Waals surface area contributed by atoms with E-state index in [0.717, 1.165) is 5.69 Å². The number of pyridine rings is 1. The number of nitrogens with one attached hydrogen (secondary N) is 1. The summed E-state index contributed by atoms with van der Waals surface area (Å²) in [4.78, 5) is 25.6. The van der Waals surface area contributed by atoms with Gasteiger partial charge in [-0.3, -0.25) is 9.78 Å². The smallest absolute Gasteiger partial charge is 0.334 e. The van der Waals surface area contributed by atoms with Crippen LogP contribution in [0, 0.1) is 0 Å². The second-order valence-electron chi connectivity index (χ2n) is 3.48. The van der Waals surface area contributed by atoms with Crippen LogP contribution in [0.3, 0.4) is 0 Å². The lowest BCUT2D eigenvalue weighted by molar-refractivity contribution is -0.146. The first-order valence-electron chi connectivity index (χ1n) is 5.17. The molecule has 0 saturated heterocycles. The van der Waals surface area contributed by atoms with Gasteiger partial charge < -0.3 is 15.5 Å². The fourth-order valence-electron chi connectivity index (χ4n) is 1.17. The van der Waals surface area contributed by atoms with Gasteiger partial charge in [-0.05, 0) is 18.6 Å². The van der Waals surface area contributed by atoms with E-state index < -0.39 is 12.1 Å². The molecule has 0 radical (unpaired) electrons. The van der Waals surface area contributed by atoms with Crippen LogP contribution in [0.4, 0.5) is 0 Å². The molecule has 0 aromatic carbocycles. The van der Waals surface area contributed by atoms with Crippen molar-refractivity contribution in [2.45, 2.75) is 18.9 Å². The number of aliphatic hydroxyl groups is 1. The number of carbonyl (C=O) groups is 2. The average molecular weight is 238 g/mol. The van der Waals surface area contributed by atoms with Crippen LogP contribution in [0.5, 0.6) is 0 Å². The van der Waals surface area contributed by atoms with Gasteiger partial charge in [-0.15, -0.1) is 0 Å². The molecule has 1 atom stereocenters. The second-order valence-corrected chi connectivity index (χ2v) is 3.48. The summed E-state index contributed by atoms with van der Waals surface area (Å²) >= 11 is 0. The number of hydrogen-bond donors (Lipinski definition) is 3. The van der Waals surface area contributed by atoms with Crippen LogP contribution in [0.25, 0.3) is 0 Å². The quantitative estimate of drug-likeness (QED) is 0.625. The summed E-state index contributed by atoms with van der Waals surface area (Å²) < 4.78 is 0. The first-order valence-corrected chi connectivity index (χ1v) is 5.17. The van der Waals surface area contributed by atoms with Crippen molar-refractivity contribution in [2.75, 3.05) is 6.54 Å². The maximum atomic E-state index is 11.3. The molecule has 1 amide bonds. The van der Waals surface area contributed by atoms with Crippen LogP contribution >= 0.6 is 0 Å². The van der Waals surface area contributed by atoms with Gasteiger partial charge in [0.2, 0.25) is 5.91 Å². The van der Waals surface area contributed by atoms with Crippen molar-refractivity contribution >= 4 is 11.9 Å². The largest absolute Gasteiger partial charge is 0.479 e. The highest BCUT2D eigenvalue weighted by atomic mass is 16.4. The molecule has 92 valence electrons. The maximum Gasteiger partial charge on any atom is 0.334 e. The summed E-state index contributed by atoms with van der Waals surface area (Å²) in [5.41, 5.74) is 0.793. The van der Waals surface area contributed by atoms with Gasteiger partial charge in [0, 0.05) is 18.3 Å². The molecular weight excluding hydrogens is 224 g/mol. The number of rotatable bonds is 6. The van der Waals surface area contributed by atoms with Gasteiger partial charge in [0.1, 0.15) is 0 Å². The Morgan fingerprint density at radius 3 is 2.76 bits per heavy atom. The number of aromatic nitrogens is 1. The minimum absolute atomic E-state index is 0.212. The monoisotopic (exact) mass is 238 g/mol. The van der Waals surface area contributed by atoms with Gasteiger partial charge in [-0.1, -0.05) is 6.07 Å². The zero-order valence-electron chi connectivity index (χ0n) is 9.17. The Morgan fingerprint density at radius 1 is 1.41 bits per heavy atom. The third-order valence-electron chi connectivity index (χ3n) is 2.11. The van der Waals surface area contributed by atoms with E-state index in [0.29, 0.717) is 6.42 Å². The van der Waals surface area contributed by atoms with E-state index in [1.165, 1.54) is 0 Å². The first-order chi connectivity index (χ1) is 8.09. The number of hydrogen-bond acceptors (Lipinski definition) is 4.